The largest absolute Gasteiger partial charge is 0.493 e. The predicted molar refractivity (Wildman–Crippen MR) is 454 cm³/mol. The highest BCUT2D eigenvalue weighted by Gasteiger charge is 2.49. The van der Waals surface area contributed by atoms with E-state index in [0.29, 0.717) is 96.5 Å². The third kappa shape index (κ3) is 33.4. The van der Waals surface area contributed by atoms with Crippen molar-refractivity contribution in [3.05, 3.63) is 278 Å². The number of hydrogen-bond donors (Lipinski definition) is 2. The minimum atomic E-state index is -1.92. The van der Waals surface area contributed by atoms with E-state index in [4.69, 9.17) is 81.8 Å². The van der Waals surface area contributed by atoms with E-state index in [1.807, 2.05) is 177 Å². The Hall–Kier alpha value is -14.0. The molecule has 9 rings (SSSR count). The zero-order valence-electron chi connectivity index (χ0n) is 69.6. The molecular formula is C95H103N4O20-3. The van der Waals surface area contributed by atoms with E-state index < -0.39 is 50.4 Å². The summed E-state index contributed by atoms with van der Waals surface area (Å²) >= 11 is 0. The first-order valence-electron chi connectivity index (χ1n) is 37.5. The van der Waals surface area contributed by atoms with E-state index in [2.05, 4.69) is 53.7 Å². The number of para-hydroxylation sites is 3. The molecular weight excluding hydrogens is 1520 g/mol. The van der Waals surface area contributed by atoms with Crippen molar-refractivity contribution >= 4 is 23.9 Å². The molecule has 119 heavy (non-hydrogen) atoms. The summed E-state index contributed by atoms with van der Waals surface area (Å²) in [4.78, 5) is 70.3. The summed E-state index contributed by atoms with van der Waals surface area (Å²) < 4.78 is 65.5. The van der Waals surface area contributed by atoms with Crippen LogP contribution in [0, 0.1) is 99.7 Å². The van der Waals surface area contributed by atoms with Crippen LogP contribution in [-0.2, 0) is 96.8 Å². The van der Waals surface area contributed by atoms with Gasteiger partial charge in [0.05, 0.1) is 67.7 Å². The van der Waals surface area contributed by atoms with Crippen molar-refractivity contribution in [2.45, 2.75) is 144 Å². The molecule has 0 saturated heterocycles. The summed E-state index contributed by atoms with van der Waals surface area (Å²) in [5.41, 5.74) is 10.2. The number of nitrogens with one attached hydrogen (secondary N) is 1. The molecule has 24 nitrogen and oxygen atoms in total. The second-order valence-corrected chi connectivity index (χ2v) is 25.7. The molecule has 1 heterocycles. The molecule has 0 bridgehead atoms. The Bertz CT molecular complexity index is 4780. The number of ether oxygens (including phenoxy) is 12. The van der Waals surface area contributed by atoms with Gasteiger partial charge in [-0.25, -0.2) is 15.5 Å². The number of methoxy groups -OCH3 is 4. The third-order valence-corrected chi connectivity index (χ3v) is 16.9. The third-order valence-electron chi connectivity index (χ3n) is 16.9. The zero-order chi connectivity index (χ0) is 88.0. The topological polar surface area (TPSA) is 303 Å². The van der Waals surface area contributed by atoms with Gasteiger partial charge >= 0.3 is 35.5 Å². The van der Waals surface area contributed by atoms with Gasteiger partial charge in [0.15, 0.2) is 46.0 Å². The van der Waals surface area contributed by atoms with Crippen LogP contribution in [0.3, 0.4) is 0 Å². The fraction of sp³-hybridized carbons (Fsp3) is 0.316. The highest BCUT2D eigenvalue weighted by Crippen LogP contribution is 2.41. The van der Waals surface area contributed by atoms with Gasteiger partial charge in [0.2, 0.25) is 0 Å². The Morgan fingerprint density at radius 2 is 0.916 bits per heavy atom. The van der Waals surface area contributed by atoms with E-state index in [9.17, 15) is 39.4 Å². The number of carbonyl (C=O) groups excluding carboxylic acids is 4. The van der Waals surface area contributed by atoms with Crippen LogP contribution in [0.5, 0.6) is 46.0 Å². The number of nitrogens with zero attached hydrogens (tertiary/aromatic N) is 2. The highest BCUT2D eigenvalue weighted by atomic mass is 16.6. The van der Waals surface area contributed by atoms with E-state index in [1.54, 1.807) is 92.2 Å². The number of hydrogen-bond acceptors (Lipinski definition) is 22. The van der Waals surface area contributed by atoms with Gasteiger partial charge in [-0.15, -0.1) is 6.42 Å². The maximum absolute atomic E-state index is 12.4. The summed E-state index contributed by atoms with van der Waals surface area (Å²) in [7, 11) is 6.20. The molecule has 4 unspecified atom stereocenters. The van der Waals surface area contributed by atoms with Crippen molar-refractivity contribution in [2.24, 2.45) is 5.73 Å². The molecule has 24 heteroatoms. The quantitative estimate of drug-likeness (QED) is 0.00988. The van der Waals surface area contributed by atoms with Gasteiger partial charge in [-0.3, -0.25) is 64.7 Å². The van der Waals surface area contributed by atoms with Crippen molar-refractivity contribution in [2.75, 3.05) is 54.9 Å². The van der Waals surface area contributed by atoms with Crippen LogP contribution in [0.25, 0.3) is 0 Å². The number of nitrogens with two attached hydrogens (primary N) is 1. The summed E-state index contributed by atoms with van der Waals surface area (Å²) in [5, 5.41) is 26.2. The zero-order valence-corrected chi connectivity index (χ0v) is 69.6. The maximum Gasteiger partial charge on any atom is 0.384 e. The van der Waals surface area contributed by atoms with Gasteiger partial charge < -0.3 is 75.4 Å². The Morgan fingerprint density at radius 3 is 1.26 bits per heavy atom. The number of fused-ring (bicyclic) bond motifs is 1. The van der Waals surface area contributed by atoms with E-state index >= 15 is 0 Å². The lowest BCUT2D eigenvalue weighted by Gasteiger charge is -2.35. The monoisotopic (exact) mass is 1620 g/mol. The van der Waals surface area contributed by atoms with Crippen LogP contribution < -0.4 is 48.9 Å². The Kier molecular flexibility index (Phi) is 45.6. The first-order chi connectivity index (χ1) is 57.3. The lowest BCUT2D eigenvalue weighted by atomic mass is 9.85. The Labute approximate surface area is 699 Å². The van der Waals surface area contributed by atoms with Crippen LogP contribution in [0.1, 0.15) is 112 Å². The van der Waals surface area contributed by atoms with Crippen molar-refractivity contribution in [3.63, 3.8) is 0 Å². The molecule has 626 valence electrons. The molecule has 0 fully saturated rings. The summed E-state index contributed by atoms with van der Waals surface area (Å²) in [6.45, 7) is 20.8. The van der Waals surface area contributed by atoms with Crippen LogP contribution in [0.2, 0.25) is 0 Å². The molecule has 1 aliphatic rings. The molecule has 8 aromatic rings. The average Bonchev–Trinajstić information content (AvgIpc) is 0.772. The fourth-order valence-corrected chi connectivity index (χ4v) is 11.0. The second-order valence-electron chi connectivity index (χ2n) is 25.7. The lowest BCUT2D eigenvalue weighted by Crippen LogP contribution is -2.54. The Balaban J connectivity index is 0.000000386. The molecule has 0 spiro atoms. The molecule has 0 aliphatic carbocycles. The van der Waals surface area contributed by atoms with Gasteiger partial charge in [-0.2, -0.15) is 6.92 Å². The van der Waals surface area contributed by atoms with E-state index in [0.717, 1.165) is 38.9 Å². The number of terminal acetylenes is 1. The minimum Gasteiger partial charge on any atom is -0.493 e. The molecule has 8 aromatic carbocycles. The summed E-state index contributed by atoms with van der Waals surface area (Å²) in [5.74, 6) is 21.7. The first-order valence-corrected chi connectivity index (χ1v) is 37.5. The lowest BCUT2D eigenvalue weighted by molar-refractivity contribution is -0.550. The van der Waals surface area contributed by atoms with Gasteiger partial charge in [0, 0.05) is 58.4 Å². The standard InChI is InChI=1S/C21H25NO4.C20H23NO6.C20H25NO4.C19H21NO6.C5H4.C5H3.C5H2/c1-4-25-20(23)21(2)12-17-16(13-22-21)10-11-18(24-3)19(17)26-14-15-8-6-5-7-9-15;1-4-26-19(22)20(2,21(23)24)13-16-11-8-12-17(25-3)18(16)27-14-15-9-6-5-7-10-15;1-4-24-19(22)20(2,21)13-16-11-8-12-17(23-3)18(16)25-14-15-9-6-5-7-10-15;1-3-25-19(21)16(20(22)23)12-15-10-7-11-17(24-2)18(15)26-13-14-8-5-4-6-9-14;3*1-3-5-4-2/h5-11,22H,4,12-14H2,1-3H3;5-12H,4,13-14H2,1-3H3;5-12H,4,13-14,21H2,1-3H3;4-11,16H,3,12-13H2,1-2H3;1H,2H3;1H3;1H2/q;;;;;-1;-2. The molecule has 0 aromatic heterocycles. The van der Waals surface area contributed by atoms with Crippen LogP contribution in [-0.4, -0.2) is 111 Å². The smallest absolute Gasteiger partial charge is 0.384 e. The maximum atomic E-state index is 12.4. The van der Waals surface area contributed by atoms with Gasteiger partial charge in [0.1, 0.15) is 37.5 Å². The molecule has 0 saturated carbocycles. The van der Waals surface area contributed by atoms with E-state index in [-0.39, 0.29) is 51.7 Å². The van der Waals surface area contributed by atoms with Crippen molar-refractivity contribution in [1.82, 2.24) is 5.32 Å². The first kappa shape index (κ1) is 99.2. The summed E-state index contributed by atoms with van der Waals surface area (Å²) in [6, 6.07) is 57.0. The molecule has 3 N–H and O–H groups in total. The number of rotatable bonds is 32. The number of nitro groups is 2. The predicted octanol–water partition coefficient (Wildman–Crippen LogP) is 14.4. The Morgan fingerprint density at radius 1 is 0.529 bits per heavy atom. The average molecular weight is 1620 g/mol. The normalized spacial score (nSPS) is 12.6. The number of carbonyl (C=O) groups is 4. The van der Waals surface area contributed by atoms with E-state index in [1.165, 1.54) is 21.1 Å². The van der Waals surface area contributed by atoms with Crippen LogP contribution in [0.4, 0.5) is 0 Å². The van der Waals surface area contributed by atoms with Crippen molar-refractivity contribution in [1.29, 1.82) is 0 Å². The molecule has 4 atom stereocenters. The highest BCUT2D eigenvalue weighted by molar-refractivity contribution is 5.82. The molecule has 0 amide bonds. The summed E-state index contributed by atoms with van der Waals surface area (Å²) in [6.07, 6.45) is 17.5. The number of benzene rings is 8. The van der Waals surface area contributed by atoms with Crippen LogP contribution >= 0.6 is 0 Å². The molecule has 0 radical (unpaired) electrons. The van der Waals surface area contributed by atoms with Gasteiger partial charge in [-0.05, 0) is 119 Å². The second kappa shape index (κ2) is 54.7. The van der Waals surface area contributed by atoms with Crippen LogP contribution in [0.15, 0.2) is 188 Å². The molecule has 1 aliphatic heterocycles. The fourth-order valence-electron chi connectivity index (χ4n) is 11.0. The van der Waals surface area contributed by atoms with Gasteiger partial charge in [0.25, 0.3) is 0 Å². The van der Waals surface area contributed by atoms with Gasteiger partial charge in [-0.1, -0.05) is 170 Å². The van der Waals surface area contributed by atoms with Crippen molar-refractivity contribution in [3.8, 4) is 106 Å². The minimum absolute atomic E-state index is 0.0672. The SMILES string of the molecule is C#CC#CC.CCOC(=O)C(C)(Cc1cccc(OC)c1OCc1ccccc1)[N+](=O)[O-].CCOC(=O)C(C)(N)Cc1cccc(OC)c1OCc1ccccc1.CCOC(=O)C(Cc1cccc(OC)c1OCc1ccccc1)[N+](=O)[O-].CCOC(=O)C1(C)Cc2c(ccc(OC)c2OCc2ccccc2)CN1.[C-]#CC#CC.[C-]#CC#C[CH2-]. The van der Waals surface area contributed by atoms with Crippen molar-refractivity contribution < 1.29 is 85.9 Å². The number of esters is 4.